The van der Waals surface area contributed by atoms with E-state index < -0.39 is 0 Å². The highest BCUT2D eigenvalue weighted by Crippen LogP contribution is 1.97. The molecule has 0 fully saturated rings. The zero-order valence-electron chi connectivity index (χ0n) is 6.44. The van der Waals surface area contributed by atoms with Crippen LogP contribution in [0.4, 0.5) is 0 Å². The molecule has 0 aliphatic heterocycles. The highest BCUT2D eigenvalue weighted by Gasteiger charge is 1.80. The molecule has 9 heavy (non-hydrogen) atoms. The van der Waals surface area contributed by atoms with Crippen molar-refractivity contribution in [3.63, 3.8) is 0 Å². The molecular formula is C8H15N. The molecule has 0 radical (unpaired) electrons. The van der Waals surface area contributed by atoms with Crippen LogP contribution in [-0.4, -0.2) is 0 Å². The molecule has 0 saturated carbocycles. The molecular weight excluding hydrogens is 110 g/mol. The predicted molar refractivity (Wildman–Crippen MR) is 42.0 cm³/mol. The van der Waals surface area contributed by atoms with Gasteiger partial charge in [-0.05, 0) is 26.3 Å². The molecule has 0 aliphatic carbocycles. The number of hydrogen-bond donors (Lipinski definition) is 1. The number of hydrogen-bond acceptors (Lipinski definition) is 1. The Bertz CT molecular complexity index is 128. The third kappa shape index (κ3) is 5.15. The molecule has 0 aromatic heterocycles. The van der Waals surface area contributed by atoms with Crippen molar-refractivity contribution in [3.8, 4) is 0 Å². The molecule has 0 amide bonds. The van der Waals surface area contributed by atoms with E-state index in [2.05, 4.69) is 19.9 Å². The second kappa shape index (κ2) is 4.19. The van der Waals surface area contributed by atoms with E-state index in [4.69, 9.17) is 5.73 Å². The molecule has 0 bridgehead atoms. The first-order valence-corrected chi connectivity index (χ1v) is 3.27. The van der Waals surface area contributed by atoms with Gasteiger partial charge in [0, 0.05) is 5.70 Å². The summed E-state index contributed by atoms with van der Waals surface area (Å²) < 4.78 is 0. The fourth-order valence-electron chi connectivity index (χ4n) is 0.740. The summed E-state index contributed by atoms with van der Waals surface area (Å²) in [6.07, 6.45) is 5.20. The van der Waals surface area contributed by atoms with Crippen LogP contribution in [-0.2, 0) is 0 Å². The topological polar surface area (TPSA) is 26.0 Å². The Morgan fingerprint density at radius 1 is 1.44 bits per heavy atom. The average Bonchev–Trinajstić information content (AvgIpc) is 1.63. The summed E-state index contributed by atoms with van der Waals surface area (Å²) in [5.41, 5.74) is 7.56. The quantitative estimate of drug-likeness (QED) is 0.562. The minimum absolute atomic E-state index is 0.872. The van der Waals surface area contributed by atoms with E-state index in [1.165, 1.54) is 5.57 Å². The van der Waals surface area contributed by atoms with Gasteiger partial charge in [-0.1, -0.05) is 18.6 Å². The lowest BCUT2D eigenvalue weighted by Gasteiger charge is -1.91. The molecule has 1 heteroatoms. The maximum Gasteiger partial charge on any atom is 0.00514 e. The molecule has 0 rings (SSSR count). The summed E-state index contributed by atoms with van der Waals surface area (Å²) in [5.74, 6) is 0. The molecule has 0 saturated heterocycles. The van der Waals surface area contributed by atoms with Gasteiger partial charge in [-0.15, -0.1) is 0 Å². The van der Waals surface area contributed by atoms with Gasteiger partial charge in [-0.2, -0.15) is 0 Å². The lowest BCUT2D eigenvalue weighted by atomic mass is 10.2. The zero-order valence-corrected chi connectivity index (χ0v) is 6.44. The van der Waals surface area contributed by atoms with Crippen LogP contribution in [0.15, 0.2) is 23.4 Å². The van der Waals surface area contributed by atoms with E-state index in [9.17, 15) is 0 Å². The average molecular weight is 125 g/mol. The zero-order chi connectivity index (χ0) is 7.28. The summed E-state index contributed by atoms with van der Waals surface area (Å²) >= 11 is 0. The van der Waals surface area contributed by atoms with E-state index in [1.807, 2.05) is 13.0 Å². The molecule has 0 spiro atoms. The molecule has 0 atom stereocenters. The van der Waals surface area contributed by atoms with Gasteiger partial charge in [0.2, 0.25) is 0 Å². The Labute approximate surface area is 57.3 Å². The number of rotatable bonds is 2. The van der Waals surface area contributed by atoms with Crippen LogP contribution >= 0.6 is 0 Å². The van der Waals surface area contributed by atoms with Crippen LogP contribution in [0.1, 0.15) is 27.2 Å². The van der Waals surface area contributed by atoms with Crippen molar-refractivity contribution in [2.45, 2.75) is 27.2 Å². The number of allylic oxidation sites excluding steroid dienone is 4. The Balaban J connectivity index is 3.90. The molecule has 0 aliphatic rings. The third-order valence-corrected chi connectivity index (χ3v) is 0.981. The summed E-state index contributed by atoms with van der Waals surface area (Å²) in [4.78, 5) is 0. The van der Waals surface area contributed by atoms with Gasteiger partial charge in [-0.25, -0.2) is 0 Å². The standard InChI is InChI=1S/C8H15N/c1-4-5-7(2)6-8(3)9/h5-6H,4,9H2,1-3H3/b7-5-,8-6-. The van der Waals surface area contributed by atoms with E-state index >= 15 is 0 Å². The van der Waals surface area contributed by atoms with Gasteiger partial charge in [0.15, 0.2) is 0 Å². The van der Waals surface area contributed by atoms with Gasteiger partial charge in [-0.3, -0.25) is 0 Å². The van der Waals surface area contributed by atoms with E-state index in [-0.39, 0.29) is 0 Å². The first kappa shape index (κ1) is 8.28. The summed E-state index contributed by atoms with van der Waals surface area (Å²) in [7, 11) is 0. The van der Waals surface area contributed by atoms with Crippen molar-refractivity contribution in [1.82, 2.24) is 0 Å². The van der Waals surface area contributed by atoms with Crippen molar-refractivity contribution in [3.05, 3.63) is 23.4 Å². The van der Waals surface area contributed by atoms with Crippen LogP contribution in [0.3, 0.4) is 0 Å². The first-order valence-electron chi connectivity index (χ1n) is 3.27. The third-order valence-electron chi connectivity index (χ3n) is 0.981. The van der Waals surface area contributed by atoms with E-state index in [1.54, 1.807) is 0 Å². The summed E-state index contributed by atoms with van der Waals surface area (Å²) in [5, 5.41) is 0. The second-order valence-electron chi connectivity index (χ2n) is 2.24. The van der Waals surface area contributed by atoms with Crippen molar-refractivity contribution in [1.29, 1.82) is 0 Å². The van der Waals surface area contributed by atoms with Gasteiger partial charge in [0.05, 0.1) is 0 Å². The lowest BCUT2D eigenvalue weighted by Crippen LogP contribution is -1.89. The maximum atomic E-state index is 5.44. The molecule has 0 unspecified atom stereocenters. The van der Waals surface area contributed by atoms with Crippen molar-refractivity contribution in [2.24, 2.45) is 5.73 Å². The molecule has 52 valence electrons. The minimum atomic E-state index is 0.872. The van der Waals surface area contributed by atoms with Crippen molar-refractivity contribution in [2.75, 3.05) is 0 Å². The summed E-state index contributed by atoms with van der Waals surface area (Å²) in [6, 6.07) is 0. The highest BCUT2D eigenvalue weighted by atomic mass is 14.5. The fourth-order valence-corrected chi connectivity index (χ4v) is 0.740. The van der Waals surface area contributed by atoms with Crippen molar-refractivity contribution < 1.29 is 0 Å². The molecule has 1 nitrogen and oxygen atoms in total. The Morgan fingerprint density at radius 2 is 2.00 bits per heavy atom. The minimum Gasteiger partial charge on any atom is -0.402 e. The largest absolute Gasteiger partial charge is 0.402 e. The number of nitrogens with two attached hydrogens (primary N) is 1. The van der Waals surface area contributed by atoms with Crippen LogP contribution < -0.4 is 5.73 Å². The second-order valence-corrected chi connectivity index (χ2v) is 2.24. The monoisotopic (exact) mass is 125 g/mol. The maximum absolute atomic E-state index is 5.44. The van der Waals surface area contributed by atoms with Gasteiger partial charge in [0.1, 0.15) is 0 Å². The van der Waals surface area contributed by atoms with E-state index in [0.717, 1.165) is 12.1 Å². The SMILES string of the molecule is CC/C=C(C)\C=C(\C)N. The van der Waals surface area contributed by atoms with Crippen LogP contribution in [0, 0.1) is 0 Å². The molecule has 0 heterocycles. The van der Waals surface area contributed by atoms with Crippen LogP contribution in [0.2, 0.25) is 0 Å². The molecule has 2 N–H and O–H groups in total. The van der Waals surface area contributed by atoms with Crippen molar-refractivity contribution >= 4 is 0 Å². The molecule has 0 aromatic rings. The Morgan fingerprint density at radius 3 is 2.33 bits per heavy atom. The first-order chi connectivity index (χ1) is 4.16. The van der Waals surface area contributed by atoms with Gasteiger partial charge in [0.25, 0.3) is 0 Å². The predicted octanol–water partition coefficient (Wildman–Crippen LogP) is 2.21. The molecule has 0 aromatic carbocycles. The highest BCUT2D eigenvalue weighted by molar-refractivity contribution is 5.18. The Hall–Kier alpha value is -0.720. The lowest BCUT2D eigenvalue weighted by molar-refractivity contribution is 1.19. The normalized spacial score (nSPS) is 14.1. The van der Waals surface area contributed by atoms with Gasteiger partial charge >= 0.3 is 0 Å². The van der Waals surface area contributed by atoms with Crippen LogP contribution in [0.5, 0.6) is 0 Å². The smallest absolute Gasteiger partial charge is 0.00514 e. The van der Waals surface area contributed by atoms with E-state index in [0.29, 0.717) is 0 Å². The van der Waals surface area contributed by atoms with Crippen LogP contribution in [0.25, 0.3) is 0 Å². The Kier molecular flexibility index (Phi) is 3.85. The van der Waals surface area contributed by atoms with Gasteiger partial charge < -0.3 is 5.73 Å². The summed E-state index contributed by atoms with van der Waals surface area (Å²) in [6.45, 7) is 6.07. The fraction of sp³-hybridized carbons (Fsp3) is 0.500.